The van der Waals surface area contributed by atoms with E-state index in [0.717, 1.165) is 51.9 Å². The van der Waals surface area contributed by atoms with Crippen LogP contribution < -0.4 is 5.32 Å². The smallest absolute Gasteiger partial charge is 0.475 e. The van der Waals surface area contributed by atoms with E-state index in [4.69, 9.17) is 19.1 Å². The predicted molar refractivity (Wildman–Crippen MR) is 99.4 cm³/mol. The third-order valence-corrected chi connectivity index (χ3v) is 5.97. The van der Waals surface area contributed by atoms with Crippen molar-refractivity contribution in [2.45, 2.75) is 57.0 Å². The zero-order valence-corrected chi connectivity index (χ0v) is 16.6. The number of rotatable bonds is 4. The third-order valence-electron chi connectivity index (χ3n) is 5.97. The molecule has 4 rings (SSSR count). The molecule has 168 valence electrons. The fourth-order valence-corrected chi connectivity index (χ4v) is 4.16. The van der Waals surface area contributed by atoms with Crippen molar-refractivity contribution < 1.29 is 37.0 Å². The molecule has 3 aliphatic rings. The number of hydrogen-bond acceptors (Lipinski definition) is 5. The molecule has 2 saturated heterocycles. The highest BCUT2D eigenvalue weighted by molar-refractivity contribution is 5.79. The number of alkyl halides is 3. The number of amides is 1. The van der Waals surface area contributed by atoms with Gasteiger partial charge in [0, 0.05) is 49.7 Å². The van der Waals surface area contributed by atoms with Crippen LogP contribution in [0, 0.1) is 11.8 Å². The maximum atomic E-state index is 12.7. The van der Waals surface area contributed by atoms with E-state index in [1.165, 1.54) is 12.0 Å². The number of ether oxygens (including phenoxy) is 1. The van der Waals surface area contributed by atoms with Crippen LogP contribution in [0.2, 0.25) is 0 Å². The molecule has 10 heteroatoms. The van der Waals surface area contributed by atoms with Gasteiger partial charge < -0.3 is 19.6 Å². The van der Waals surface area contributed by atoms with Crippen LogP contribution in [-0.4, -0.2) is 59.9 Å². The van der Waals surface area contributed by atoms with Crippen LogP contribution in [0.15, 0.2) is 23.0 Å². The first kappa shape index (κ1) is 22.6. The Balaban J connectivity index is 0.000000318. The molecule has 0 radical (unpaired) electrons. The van der Waals surface area contributed by atoms with Crippen LogP contribution in [-0.2, 0) is 20.9 Å². The number of nitrogens with zero attached hydrogens (tertiary/aromatic N) is 1. The van der Waals surface area contributed by atoms with Crippen LogP contribution in [0.4, 0.5) is 13.2 Å². The second-order valence-electron chi connectivity index (χ2n) is 8.06. The van der Waals surface area contributed by atoms with E-state index in [1.807, 2.05) is 12.3 Å². The SMILES string of the molecule is O=C(NC1CCC1)[C@H]1CCO[C@H]2CCN(Cc3ccoc3)C[C@@H]21.O=C(O)C(F)(F)F. The molecule has 0 unspecified atom stereocenters. The van der Waals surface area contributed by atoms with Gasteiger partial charge in [-0.05, 0) is 38.2 Å². The van der Waals surface area contributed by atoms with Gasteiger partial charge in [-0.3, -0.25) is 9.69 Å². The summed E-state index contributed by atoms with van der Waals surface area (Å²) in [5.74, 6) is -2.06. The summed E-state index contributed by atoms with van der Waals surface area (Å²) in [4.78, 5) is 24.0. The van der Waals surface area contributed by atoms with E-state index in [-0.39, 0.29) is 17.9 Å². The van der Waals surface area contributed by atoms with Gasteiger partial charge in [0.25, 0.3) is 0 Å². The van der Waals surface area contributed by atoms with Gasteiger partial charge in [-0.25, -0.2) is 4.79 Å². The number of likely N-dealkylation sites (tertiary alicyclic amines) is 1. The molecule has 1 saturated carbocycles. The summed E-state index contributed by atoms with van der Waals surface area (Å²) in [5, 5.41) is 10.4. The minimum Gasteiger partial charge on any atom is -0.475 e. The summed E-state index contributed by atoms with van der Waals surface area (Å²) >= 11 is 0. The fraction of sp³-hybridized carbons (Fsp3) is 0.700. The summed E-state index contributed by atoms with van der Waals surface area (Å²) in [5.41, 5.74) is 1.20. The second-order valence-corrected chi connectivity index (χ2v) is 8.06. The number of aliphatic carboxylic acids is 1. The Morgan fingerprint density at radius 1 is 1.23 bits per heavy atom. The zero-order chi connectivity index (χ0) is 21.7. The molecule has 1 aliphatic carbocycles. The Bertz CT molecular complexity index is 706. The summed E-state index contributed by atoms with van der Waals surface area (Å²) in [6.45, 7) is 3.60. The Morgan fingerprint density at radius 2 is 1.97 bits per heavy atom. The highest BCUT2D eigenvalue weighted by Gasteiger charge is 2.42. The maximum Gasteiger partial charge on any atom is 0.490 e. The minimum absolute atomic E-state index is 0.112. The van der Waals surface area contributed by atoms with Crippen molar-refractivity contribution in [2.24, 2.45) is 11.8 Å². The summed E-state index contributed by atoms with van der Waals surface area (Å²) in [6, 6.07) is 2.44. The van der Waals surface area contributed by atoms with E-state index in [2.05, 4.69) is 10.2 Å². The topological polar surface area (TPSA) is 92.0 Å². The molecule has 2 N–H and O–H groups in total. The van der Waals surface area contributed by atoms with Gasteiger partial charge in [-0.2, -0.15) is 13.2 Å². The van der Waals surface area contributed by atoms with Gasteiger partial charge in [0.05, 0.1) is 18.6 Å². The quantitative estimate of drug-likeness (QED) is 0.760. The molecule has 0 bridgehead atoms. The maximum absolute atomic E-state index is 12.7. The lowest BCUT2D eigenvalue weighted by Gasteiger charge is -2.45. The highest BCUT2D eigenvalue weighted by atomic mass is 19.4. The van der Waals surface area contributed by atoms with Crippen LogP contribution in [0.5, 0.6) is 0 Å². The van der Waals surface area contributed by atoms with E-state index in [1.54, 1.807) is 6.26 Å². The van der Waals surface area contributed by atoms with Crippen LogP contribution >= 0.6 is 0 Å². The molecule has 3 fully saturated rings. The van der Waals surface area contributed by atoms with Crippen LogP contribution in [0.3, 0.4) is 0 Å². The normalized spacial score (nSPS) is 27.2. The lowest BCUT2D eigenvalue weighted by atomic mass is 9.78. The first-order valence-electron chi connectivity index (χ1n) is 10.2. The van der Waals surface area contributed by atoms with Crippen molar-refractivity contribution in [2.75, 3.05) is 19.7 Å². The minimum atomic E-state index is -5.08. The average Bonchev–Trinajstić information content (AvgIpc) is 3.17. The second kappa shape index (κ2) is 9.82. The van der Waals surface area contributed by atoms with Gasteiger partial charge in [0.1, 0.15) is 0 Å². The molecule has 3 atom stereocenters. The van der Waals surface area contributed by atoms with Crippen molar-refractivity contribution in [3.05, 3.63) is 24.2 Å². The molecule has 1 aromatic heterocycles. The van der Waals surface area contributed by atoms with Crippen molar-refractivity contribution in [1.82, 2.24) is 10.2 Å². The predicted octanol–water partition coefficient (Wildman–Crippen LogP) is 2.81. The van der Waals surface area contributed by atoms with E-state index in [0.29, 0.717) is 12.0 Å². The van der Waals surface area contributed by atoms with Gasteiger partial charge in [0.2, 0.25) is 5.91 Å². The number of furan rings is 1. The van der Waals surface area contributed by atoms with Crippen LogP contribution in [0.1, 0.15) is 37.7 Å². The number of carbonyl (C=O) groups is 2. The molecule has 30 heavy (non-hydrogen) atoms. The van der Waals surface area contributed by atoms with E-state index in [9.17, 15) is 18.0 Å². The molecular formula is C20H27F3N2O5. The molecule has 0 aromatic carbocycles. The lowest BCUT2D eigenvalue weighted by Crippen LogP contribution is -2.54. The van der Waals surface area contributed by atoms with Crippen molar-refractivity contribution >= 4 is 11.9 Å². The number of halogens is 3. The standard InChI is InChI=1S/C18H26N2O3.C2HF3O2/c21-18(19-14-2-1-3-14)15-6-9-23-17-4-7-20(11-16(15)17)10-13-5-8-22-12-13;3-2(4,5)1(6)7/h5,8,12,14-17H,1-4,6-7,9-11H2,(H,19,21);(H,6,7)/t15-,16+,17-;/m0./s1. The Hall–Kier alpha value is -2.07. The van der Waals surface area contributed by atoms with Gasteiger partial charge in [0.15, 0.2) is 0 Å². The monoisotopic (exact) mass is 432 g/mol. The lowest BCUT2D eigenvalue weighted by molar-refractivity contribution is -0.192. The number of nitrogens with one attached hydrogen (secondary N) is 1. The number of piperidine rings is 1. The zero-order valence-electron chi connectivity index (χ0n) is 16.6. The largest absolute Gasteiger partial charge is 0.490 e. The van der Waals surface area contributed by atoms with Crippen molar-refractivity contribution in [1.29, 1.82) is 0 Å². The first-order valence-corrected chi connectivity index (χ1v) is 10.2. The summed E-state index contributed by atoms with van der Waals surface area (Å²) < 4.78 is 42.9. The number of carboxylic acids is 1. The average molecular weight is 432 g/mol. The number of carbonyl (C=O) groups excluding carboxylic acids is 1. The molecule has 3 heterocycles. The Kier molecular flexibility index (Phi) is 7.41. The number of carboxylic acid groups (broad SMARTS) is 1. The third kappa shape index (κ3) is 5.98. The number of hydrogen-bond donors (Lipinski definition) is 2. The Morgan fingerprint density at radius 3 is 2.53 bits per heavy atom. The highest BCUT2D eigenvalue weighted by Crippen LogP contribution is 2.34. The molecule has 1 aromatic rings. The first-order chi connectivity index (χ1) is 14.2. The number of fused-ring (bicyclic) bond motifs is 1. The van der Waals surface area contributed by atoms with E-state index < -0.39 is 12.1 Å². The fourth-order valence-electron chi connectivity index (χ4n) is 4.16. The van der Waals surface area contributed by atoms with Crippen LogP contribution in [0.25, 0.3) is 0 Å². The molecule has 1 amide bonds. The molecule has 0 spiro atoms. The summed E-state index contributed by atoms with van der Waals surface area (Å²) in [6.07, 6.45) is 4.13. The van der Waals surface area contributed by atoms with Gasteiger partial charge in [-0.15, -0.1) is 0 Å². The van der Waals surface area contributed by atoms with Gasteiger partial charge >= 0.3 is 12.1 Å². The van der Waals surface area contributed by atoms with Crippen molar-refractivity contribution in [3.63, 3.8) is 0 Å². The molecular weight excluding hydrogens is 405 g/mol. The van der Waals surface area contributed by atoms with Crippen molar-refractivity contribution in [3.8, 4) is 0 Å². The summed E-state index contributed by atoms with van der Waals surface area (Å²) in [7, 11) is 0. The van der Waals surface area contributed by atoms with E-state index >= 15 is 0 Å². The van der Waals surface area contributed by atoms with Gasteiger partial charge in [-0.1, -0.05) is 0 Å². The Labute approximate surface area is 172 Å². The molecule has 7 nitrogen and oxygen atoms in total. The molecule has 2 aliphatic heterocycles.